The van der Waals surface area contributed by atoms with Gasteiger partial charge in [0, 0.05) is 38.8 Å². The predicted octanol–water partition coefficient (Wildman–Crippen LogP) is -1.45. The number of ether oxygens (including phenoxy) is 2. The van der Waals surface area contributed by atoms with Crippen LogP contribution in [-0.4, -0.2) is 112 Å². The number of rotatable bonds is 8. The van der Waals surface area contributed by atoms with Crippen molar-refractivity contribution in [2.24, 2.45) is 0 Å². The molecule has 0 aromatic heterocycles. The van der Waals surface area contributed by atoms with E-state index >= 15 is 0 Å². The molecular formula is C13H26N2O8S2. The molecule has 2 aliphatic heterocycles. The van der Waals surface area contributed by atoms with Crippen molar-refractivity contribution in [2.75, 3.05) is 64.9 Å². The van der Waals surface area contributed by atoms with Gasteiger partial charge in [-0.1, -0.05) is 0 Å². The molecule has 2 fully saturated rings. The van der Waals surface area contributed by atoms with E-state index in [1.54, 1.807) is 0 Å². The summed E-state index contributed by atoms with van der Waals surface area (Å²) in [7, 11) is -8.66. The quantitative estimate of drug-likeness (QED) is 0.465. The van der Waals surface area contributed by atoms with Crippen LogP contribution in [0.15, 0.2) is 0 Å². The first-order chi connectivity index (χ1) is 11.7. The Balaban J connectivity index is 2.20. The minimum Gasteiger partial charge on any atom is -0.379 e. The smallest absolute Gasteiger partial charge is 0.270 e. The normalized spacial score (nSPS) is 24.1. The molecule has 2 atom stereocenters. The lowest BCUT2D eigenvalue weighted by Crippen LogP contribution is -2.56. The van der Waals surface area contributed by atoms with Crippen molar-refractivity contribution in [3.63, 3.8) is 0 Å². The fourth-order valence-electron chi connectivity index (χ4n) is 3.23. The molecule has 2 rings (SSSR count). The van der Waals surface area contributed by atoms with Crippen molar-refractivity contribution in [1.82, 2.24) is 9.80 Å². The first kappa shape index (κ1) is 21.0. The van der Waals surface area contributed by atoms with E-state index in [0.29, 0.717) is 52.6 Å². The van der Waals surface area contributed by atoms with Gasteiger partial charge >= 0.3 is 0 Å². The maximum atomic E-state index is 12.0. The van der Waals surface area contributed by atoms with Gasteiger partial charge in [0.25, 0.3) is 20.2 Å². The lowest BCUT2D eigenvalue weighted by Gasteiger charge is -2.39. The highest BCUT2D eigenvalue weighted by molar-refractivity contribution is 7.86. The van der Waals surface area contributed by atoms with Crippen LogP contribution in [0.2, 0.25) is 0 Å². The summed E-state index contributed by atoms with van der Waals surface area (Å²) in [4.78, 5) is 3.69. The van der Waals surface area contributed by atoms with Crippen LogP contribution in [0, 0.1) is 0 Å². The van der Waals surface area contributed by atoms with Gasteiger partial charge in [0.2, 0.25) is 0 Å². The molecule has 0 aromatic carbocycles. The fraction of sp³-hybridized carbons (Fsp3) is 1.00. The molecule has 2 unspecified atom stereocenters. The second-order valence-electron chi connectivity index (χ2n) is 6.26. The van der Waals surface area contributed by atoms with Gasteiger partial charge in [-0.15, -0.1) is 0 Å². The third-order valence-corrected chi connectivity index (χ3v) is 6.52. The average Bonchev–Trinajstić information content (AvgIpc) is 2.54. The van der Waals surface area contributed by atoms with E-state index in [2.05, 4.69) is 0 Å². The van der Waals surface area contributed by atoms with Crippen LogP contribution < -0.4 is 0 Å². The van der Waals surface area contributed by atoms with Crippen molar-refractivity contribution in [1.29, 1.82) is 0 Å². The van der Waals surface area contributed by atoms with Crippen LogP contribution in [-0.2, 0) is 29.7 Å². The number of hydrogen-bond acceptors (Lipinski definition) is 8. The zero-order chi connectivity index (χ0) is 18.5. The van der Waals surface area contributed by atoms with Crippen LogP contribution in [0.3, 0.4) is 0 Å². The van der Waals surface area contributed by atoms with Crippen LogP contribution in [0.1, 0.15) is 6.42 Å². The van der Waals surface area contributed by atoms with E-state index in [-0.39, 0.29) is 13.0 Å². The van der Waals surface area contributed by atoms with Crippen LogP contribution in [0.5, 0.6) is 0 Å². The molecule has 2 aliphatic rings. The highest BCUT2D eigenvalue weighted by atomic mass is 32.2. The Labute approximate surface area is 148 Å². The SMILES string of the molecule is O=S(=O)(O)CCC(C(CN1CCOCC1)S(=O)(=O)O)N1CCOCC1. The lowest BCUT2D eigenvalue weighted by molar-refractivity contribution is 0.00536. The Morgan fingerprint density at radius 2 is 1.40 bits per heavy atom. The molecule has 0 saturated carbocycles. The van der Waals surface area contributed by atoms with E-state index < -0.39 is 37.3 Å². The van der Waals surface area contributed by atoms with E-state index in [1.165, 1.54) is 0 Å². The molecule has 2 heterocycles. The summed E-state index contributed by atoms with van der Waals surface area (Å²) in [6, 6.07) is -0.733. The maximum absolute atomic E-state index is 12.0. The zero-order valence-electron chi connectivity index (χ0n) is 14.0. The van der Waals surface area contributed by atoms with E-state index in [4.69, 9.17) is 14.0 Å². The van der Waals surface area contributed by atoms with Crippen molar-refractivity contribution < 1.29 is 35.4 Å². The third-order valence-electron chi connectivity index (χ3n) is 4.54. The highest BCUT2D eigenvalue weighted by Crippen LogP contribution is 2.20. The number of hydrogen-bond donors (Lipinski definition) is 2. The summed E-state index contributed by atoms with van der Waals surface area (Å²) in [5.74, 6) is -0.565. The summed E-state index contributed by atoms with van der Waals surface area (Å²) in [5, 5.41) is -1.18. The van der Waals surface area contributed by atoms with E-state index in [1.807, 2.05) is 9.80 Å². The van der Waals surface area contributed by atoms with Crippen LogP contribution >= 0.6 is 0 Å². The molecule has 0 spiro atoms. The minimum absolute atomic E-state index is 0.0791. The van der Waals surface area contributed by atoms with E-state index in [0.717, 1.165) is 0 Å². The van der Waals surface area contributed by atoms with Gasteiger partial charge in [-0.05, 0) is 6.42 Å². The van der Waals surface area contributed by atoms with Crippen molar-refractivity contribution in [2.45, 2.75) is 17.7 Å². The van der Waals surface area contributed by atoms with Gasteiger partial charge in [0.1, 0.15) is 5.25 Å². The van der Waals surface area contributed by atoms with Crippen molar-refractivity contribution in [3.8, 4) is 0 Å². The Morgan fingerprint density at radius 3 is 1.88 bits per heavy atom. The molecule has 2 saturated heterocycles. The highest BCUT2D eigenvalue weighted by Gasteiger charge is 2.38. The van der Waals surface area contributed by atoms with Gasteiger partial charge < -0.3 is 9.47 Å². The first-order valence-corrected chi connectivity index (χ1v) is 11.3. The van der Waals surface area contributed by atoms with Crippen molar-refractivity contribution in [3.05, 3.63) is 0 Å². The molecule has 0 aliphatic carbocycles. The molecule has 0 radical (unpaired) electrons. The van der Waals surface area contributed by atoms with Gasteiger partial charge in [0.15, 0.2) is 0 Å². The third kappa shape index (κ3) is 7.06. The second kappa shape index (κ2) is 9.04. The van der Waals surface area contributed by atoms with Gasteiger partial charge in [-0.3, -0.25) is 18.9 Å². The second-order valence-corrected chi connectivity index (χ2v) is 9.46. The first-order valence-electron chi connectivity index (χ1n) is 8.20. The van der Waals surface area contributed by atoms with Crippen LogP contribution in [0.25, 0.3) is 0 Å². The van der Waals surface area contributed by atoms with Crippen LogP contribution in [0.4, 0.5) is 0 Å². The Morgan fingerprint density at radius 1 is 0.880 bits per heavy atom. The summed E-state index contributed by atoms with van der Waals surface area (Å²) in [5.41, 5.74) is 0. The Kier molecular flexibility index (Phi) is 7.58. The molecule has 25 heavy (non-hydrogen) atoms. The molecule has 148 valence electrons. The van der Waals surface area contributed by atoms with Gasteiger partial charge in [-0.2, -0.15) is 16.8 Å². The standard InChI is InChI=1S/C13H26N2O8S2/c16-24(17,18)10-1-12(15-4-8-23-9-5-15)13(25(19,20)21)11-14-2-6-22-7-3-14/h12-13H,1-11H2,(H,16,17,18)(H,19,20,21). The predicted molar refractivity (Wildman–Crippen MR) is 89.8 cm³/mol. The monoisotopic (exact) mass is 402 g/mol. The molecule has 10 nitrogen and oxygen atoms in total. The number of morpholine rings is 2. The topological polar surface area (TPSA) is 134 Å². The summed E-state index contributed by atoms with van der Waals surface area (Å²) in [6.45, 7) is 3.79. The summed E-state index contributed by atoms with van der Waals surface area (Å²) < 4.78 is 75.7. The lowest BCUT2D eigenvalue weighted by atomic mass is 10.1. The number of nitrogens with zero attached hydrogens (tertiary/aromatic N) is 2. The minimum atomic E-state index is -4.42. The molecule has 0 bridgehead atoms. The Bertz CT molecular complexity index is 612. The summed E-state index contributed by atoms with van der Waals surface area (Å²) in [6.07, 6.45) is -0.0897. The molecule has 0 aromatic rings. The molecule has 2 N–H and O–H groups in total. The molecular weight excluding hydrogens is 376 g/mol. The zero-order valence-corrected chi connectivity index (χ0v) is 15.6. The molecule has 0 amide bonds. The summed E-state index contributed by atoms with van der Waals surface area (Å²) >= 11 is 0. The maximum Gasteiger partial charge on any atom is 0.270 e. The van der Waals surface area contributed by atoms with Gasteiger partial charge in [0.05, 0.1) is 32.2 Å². The molecule has 12 heteroatoms. The average molecular weight is 402 g/mol. The largest absolute Gasteiger partial charge is 0.379 e. The van der Waals surface area contributed by atoms with Crippen molar-refractivity contribution >= 4 is 20.2 Å². The fourth-order valence-corrected chi connectivity index (χ4v) is 4.88. The van der Waals surface area contributed by atoms with Gasteiger partial charge in [-0.25, -0.2) is 0 Å². The Hall–Kier alpha value is -0.340. The van der Waals surface area contributed by atoms with E-state index in [9.17, 15) is 21.4 Å².